The minimum Gasteiger partial charge on any atom is -0.380 e. The van der Waals surface area contributed by atoms with Crippen LogP contribution in [0, 0.1) is 0 Å². The van der Waals surface area contributed by atoms with Gasteiger partial charge in [0.05, 0.1) is 22.6 Å². The lowest BCUT2D eigenvalue weighted by atomic mass is 10.0. The number of aromatic nitrogens is 3. The number of benzene rings is 2. The van der Waals surface area contributed by atoms with Crippen molar-refractivity contribution >= 4 is 33.6 Å². The number of nitrogens with two attached hydrogens (primary N) is 1. The van der Waals surface area contributed by atoms with Gasteiger partial charge in [-0.05, 0) is 30.7 Å². The van der Waals surface area contributed by atoms with E-state index in [2.05, 4.69) is 27.3 Å². The highest BCUT2D eigenvalue weighted by molar-refractivity contribution is 5.98. The maximum atomic E-state index is 5.89. The summed E-state index contributed by atoms with van der Waals surface area (Å²) in [6.07, 6.45) is 1.86. The molecule has 0 bridgehead atoms. The van der Waals surface area contributed by atoms with Gasteiger partial charge in [-0.25, -0.2) is 4.98 Å². The van der Waals surface area contributed by atoms with E-state index < -0.39 is 0 Å². The molecule has 1 saturated heterocycles. The van der Waals surface area contributed by atoms with Gasteiger partial charge >= 0.3 is 0 Å². The lowest BCUT2D eigenvalue weighted by Crippen LogP contribution is -2.49. The molecule has 27 heavy (non-hydrogen) atoms. The first-order valence-corrected chi connectivity index (χ1v) is 9.08. The van der Waals surface area contributed by atoms with Gasteiger partial charge < -0.3 is 20.5 Å². The Morgan fingerprint density at radius 2 is 2.15 bits per heavy atom. The molecule has 0 radical (unpaired) electrons. The molecular weight excluding hydrogens is 340 g/mol. The van der Waals surface area contributed by atoms with Crippen molar-refractivity contribution in [3.63, 3.8) is 0 Å². The van der Waals surface area contributed by atoms with Crippen molar-refractivity contribution in [1.82, 2.24) is 20.4 Å². The van der Waals surface area contributed by atoms with Crippen molar-refractivity contribution in [2.45, 2.75) is 13.0 Å². The molecule has 2 aromatic carbocycles. The van der Waals surface area contributed by atoms with Crippen LogP contribution in [-0.4, -0.2) is 40.8 Å². The fourth-order valence-electron chi connectivity index (χ4n) is 3.67. The summed E-state index contributed by atoms with van der Waals surface area (Å²) in [5, 5.41) is 8.16. The average Bonchev–Trinajstić information content (AvgIpc) is 3.08. The zero-order chi connectivity index (χ0) is 18.4. The Labute approximate surface area is 156 Å². The van der Waals surface area contributed by atoms with Gasteiger partial charge in [0, 0.05) is 31.2 Å². The summed E-state index contributed by atoms with van der Waals surface area (Å²) in [5.41, 5.74) is 10.3. The largest absolute Gasteiger partial charge is 0.380 e. The van der Waals surface area contributed by atoms with Crippen molar-refractivity contribution < 1.29 is 4.52 Å². The molecular formula is C20H20N6O. The summed E-state index contributed by atoms with van der Waals surface area (Å²) in [6.45, 7) is 5.00. The second kappa shape index (κ2) is 6.21. The Morgan fingerprint density at radius 1 is 1.22 bits per heavy atom. The van der Waals surface area contributed by atoms with E-state index >= 15 is 0 Å². The molecule has 1 atom stereocenters. The van der Waals surface area contributed by atoms with E-state index in [-0.39, 0.29) is 0 Å². The average molecular weight is 360 g/mol. The lowest BCUT2D eigenvalue weighted by molar-refractivity contribution is 0.461. The molecule has 0 aliphatic carbocycles. The van der Waals surface area contributed by atoms with Gasteiger partial charge in [-0.3, -0.25) is 4.98 Å². The zero-order valence-corrected chi connectivity index (χ0v) is 15.0. The van der Waals surface area contributed by atoms with Gasteiger partial charge in [0.2, 0.25) is 0 Å². The van der Waals surface area contributed by atoms with Gasteiger partial charge in [-0.15, -0.1) is 0 Å². The number of piperazine rings is 1. The lowest BCUT2D eigenvalue weighted by Gasteiger charge is -2.32. The highest BCUT2D eigenvalue weighted by Crippen LogP contribution is 2.32. The summed E-state index contributed by atoms with van der Waals surface area (Å²) in [5.74, 6) is 1.32. The first kappa shape index (κ1) is 16.0. The number of fused-ring (bicyclic) bond motifs is 2. The number of nitrogens with one attached hydrogen (secondary N) is 1. The van der Waals surface area contributed by atoms with Crippen LogP contribution in [0.15, 0.2) is 47.1 Å². The predicted molar refractivity (Wildman–Crippen MR) is 107 cm³/mol. The fraction of sp³-hybridized carbons (Fsp3) is 0.250. The molecule has 3 heterocycles. The maximum Gasteiger partial charge on any atom is 0.176 e. The Hall–Kier alpha value is -3.19. The molecule has 0 spiro atoms. The van der Waals surface area contributed by atoms with Crippen LogP contribution in [0.2, 0.25) is 0 Å². The van der Waals surface area contributed by atoms with Gasteiger partial charge in [-0.1, -0.05) is 23.4 Å². The molecule has 136 valence electrons. The Kier molecular flexibility index (Phi) is 3.68. The summed E-state index contributed by atoms with van der Waals surface area (Å²) in [4.78, 5) is 11.7. The summed E-state index contributed by atoms with van der Waals surface area (Å²) in [7, 11) is 0. The Morgan fingerprint density at radius 3 is 3.04 bits per heavy atom. The molecule has 1 aliphatic heterocycles. The van der Waals surface area contributed by atoms with Crippen molar-refractivity contribution in [3.05, 3.63) is 42.6 Å². The van der Waals surface area contributed by atoms with Crippen molar-refractivity contribution in [3.8, 4) is 11.1 Å². The third-order valence-corrected chi connectivity index (χ3v) is 5.06. The van der Waals surface area contributed by atoms with E-state index in [0.717, 1.165) is 53.0 Å². The molecule has 7 heteroatoms. The fourth-order valence-corrected chi connectivity index (χ4v) is 3.67. The van der Waals surface area contributed by atoms with Crippen molar-refractivity contribution in [2.75, 3.05) is 30.3 Å². The van der Waals surface area contributed by atoms with E-state index in [0.29, 0.717) is 17.4 Å². The van der Waals surface area contributed by atoms with Crippen LogP contribution in [-0.2, 0) is 0 Å². The Balaban J connectivity index is 1.59. The molecule has 4 aromatic rings. The molecule has 2 aromatic heterocycles. The minimum atomic E-state index is 0.405. The number of anilines is 2. The molecule has 1 unspecified atom stereocenters. The molecule has 0 amide bonds. The monoisotopic (exact) mass is 360 g/mol. The smallest absolute Gasteiger partial charge is 0.176 e. The highest BCUT2D eigenvalue weighted by atomic mass is 16.5. The third kappa shape index (κ3) is 2.76. The minimum absolute atomic E-state index is 0.405. The van der Waals surface area contributed by atoms with Crippen LogP contribution in [0.5, 0.6) is 0 Å². The van der Waals surface area contributed by atoms with E-state index in [1.807, 2.05) is 42.6 Å². The second-order valence-electron chi connectivity index (χ2n) is 6.98. The highest BCUT2D eigenvalue weighted by Gasteiger charge is 2.18. The maximum absolute atomic E-state index is 5.89. The first-order valence-electron chi connectivity index (χ1n) is 9.08. The van der Waals surface area contributed by atoms with E-state index in [4.69, 9.17) is 15.2 Å². The topological polar surface area (TPSA) is 93.1 Å². The standard InChI is InChI=1S/C20H20N6O/c1-12-11-26(8-7-22-12)18-10-23-16-6-5-13(9-17(16)24-18)14-3-2-4-15-19(14)27-25-20(15)21/h2-6,9-10,12,22H,7-8,11H2,1H3,(H2,21,25). The molecule has 5 rings (SSSR count). The van der Waals surface area contributed by atoms with Gasteiger partial charge in [-0.2, -0.15) is 0 Å². The second-order valence-corrected chi connectivity index (χ2v) is 6.98. The normalized spacial score (nSPS) is 17.7. The number of para-hydroxylation sites is 1. The van der Waals surface area contributed by atoms with Crippen LogP contribution in [0.25, 0.3) is 33.1 Å². The molecule has 0 saturated carbocycles. The van der Waals surface area contributed by atoms with Crippen LogP contribution < -0.4 is 16.0 Å². The van der Waals surface area contributed by atoms with E-state index in [9.17, 15) is 0 Å². The van der Waals surface area contributed by atoms with Gasteiger partial charge in [0.25, 0.3) is 0 Å². The van der Waals surface area contributed by atoms with Crippen LogP contribution in [0.4, 0.5) is 11.6 Å². The zero-order valence-electron chi connectivity index (χ0n) is 15.0. The molecule has 1 aliphatic rings. The number of nitrogen functional groups attached to an aromatic ring is 1. The number of hydrogen-bond donors (Lipinski definition) is 2. The molecule has 1 fully saturated rings. The van der Waals surface area contributed by atoms with Gasteiger partial charge in [0.1, 0.15) is 5.82 Å². The Bertz CT molecular complexity index is 1140. The number of nitrogens with zero attached hydrogens (tertiary/aromatic N) is 4. The summed E-state index contributed by atoms with van der Waals surface area (Å²) in [6, 6.07) is 12.4. The van der Waals surface area contributed by atoms with Crippen molar-refractivity contribution in [1.29, 1.82) is 0 Å². The van der Waals surface area contributed by atoms with Crippen LogP contribution >= 0.6 is 0 Å². The molecule has 3 N–H and O–H groups in total. The van der Waals surface area contributed by atoms with Crippen molar-refractivity contribution in [2.24, 2.45) is 0 Å². The number of rotatable bonds is 2. The first-order chi connectivity index (χ1) is 13.2. The predicted octanol–water partition coefficient (Wildman–Crippen LogP) is 2.82. The van der Waals surface area contributed by atoms with Crippen LogP contribution in [0.1, 0.15) is 6.92 Å². The quantitative estimate of drug-likeness (QED) is 0.568. The third-order valence-electron chi connectivity index (χ3n) is 5.06. The van der Waals surface area contributed by atoms with E-state index in [1.54, 1.807) is 0 Å². The molecule has 7 nitrogen and oxygen atoms in total. The summed E-state index contributed by atoms with van der Waals surface area (Å²) >= 11 is 0. The van der Waals surface area contributed by atoms with Gasteiger partial charge in [0.15, 0.2) is 11.4 Å². The SMILES string of the molecule is CC1CN(c2cnc3ccc(-c4cccc5c(N)noc45)cc3n2)CCN1. The summed E-state index contributed by atoms with van der Waals surface area (Å²) < 4.78 is 5.45. The number of hydrogen-bond acceptors (Lipinski definition) is 7. The van der Waals surface area contributed by atoms with Crippen LogP contribution in [0.3, 0.4) is 0 Å². The van der Waals surface area contributed by atoms with E-state index in [1.165, 1.54) is 0 Å².